The lowest BCUT2D eigenvalue weighted by atomic mass is 10.2. The highest BCUT2D eigenvalue weighted by molar-refractivity contribution is 6.03. The van der Waals surface area contributed by atoms with E-state index in [4.69, 9.17) is 0 Å². The van der Waals surface area contributed by atoms with Gasteiger partial charge in [0.2, 0.25) is 5.91 Å². The fourth-order valence-corrected chi connectivity index (χ4v) is 2.31. The van der Waals surface area contributed by atoms with E-state index >= 15 is 0 Å². The smallest absolute Gasteiger partial charge is 0.274 e. The topological polar surface area (TPSA) is 83.1 Å². The second kappa shape index (κ2) is 9.42. The third kappa shape index (κ3) is 6.25. The number of nitrogens with one attached hydrogen (secondary N) is 3. The molecule has 6 heteroatoms. The molecular formula is C19H24N4O2. The molecule has 0 bridgehead atoms. The summed E-state index contributed by atoms with van der Waals surface area (Å²) in [6.45, 7) is 4.49. The number of aromatic nitrogens is 1. The number of hydrogen-bond acceptors (Lipinski definition) is 4. The summed E-state index contributed by atoms with van der Waals surface area (Å²) in [5, 5.41) is 8.79. The van der Waals surface area contributed by atoms with Crippen molar-refractivity contribution in [3.63, 3.8) is 0 Å². The van der Waals surface area contributed by atoms with Crippen LogP contribution in [-0.4, -0.2) is 23.3 Å². The summed E-state index contributed by atoms with van der Waals surface area (Å²) in [6.07, 6.45) is 5.07. The summed E-state index contributed by atoms with van der Waals surface area (Å²) in [4.78, 5) is 27.5. The maximum absolute atomic E-state index is 12.3. The Bertz CT molecular complexity index is 714. The van der Waals surface area contributed by atoms with Gasteiger partial charge in [-0.25, -0.2) is 0 Å². The molecule has 2 rings (SSSR count). The van der Waals surface area contributed by atoms with Gasteiger partial charge in [-0.15, -0.1) is 0 Å². The standard InChI is InChI=1S/C19H24N4O2/c1-3-4-5-11-20-17-10-12-21-18(13-17)19(25)23-16-8-6-15(7-9-16)22-14(2)24/h6-10,12-13H,3-5,11H2,1-2H3,(H,20,21)(H,22,24)(H,23,25). The molecule has 1 heterocycles. The first-order valence-corrected chi connectivity index (χ1v) is 8.47. The number of carbonyl (C=O) groups is 2. The SMILES string of the molecule is CCCCCNc1ccnc(C(=O)Nc2ccc(NC(C)=O)cc2)c1. The maximum atomic E-state index is 12.3. The molecule has 0 aliphatic rings. The molecule has 0 fully saturated rings. The van der Waals surface area contributed by atoms with Crippen LogP contribution >= 0.6 is 0 Å². The zero-order valence-electron chi connectivity index (χ0n) is 14.6. The van der Waals surface area contributed by atoms with Crippen LogP contribution in [0.1, 0.15) is 43.6 Å². The van der Waals surface area contributed by atoms with E-state index in [1.807, 2.05) is 6.07 Å². The number of amides is 2. The molecule has 132 valence electrons. The predicted molar refractivity (Wildman–Crippen MR) is 101 cm³/mol. The van der Waals surface area contributed by atoms with Crippen LogP contribution in [0.2, 0.25) is 0 Å². The first-order chi connectivity index (χ1) is 12.1. The van der Waals surface area contributed by atoms with Gasteiger partial charge in [0, 0.05) is 36.7 Å². The van der Waals surface area contributed by atoms with Gasteiger partial charge in [0.05, 0.1) is 0 Å². The number of unbranched alkanes of at least 4 members (excludes halogenated alkanes) is 2. The zero-order chi connectivity index (χ0) is 18.1. The Morgan fingerprint density at radius 2 is 1.64 bits per heavy atom. The van der Waals surface area contributed by atoms with Crippen molar-refractivity contribution in [1.82, 2.24) is 4.98 Å². The second-order valence-electron chi connectivity index (χ2n) is 5.78. The maximum Gasteiger partial charge on any atom is 0.274 e. The molecule has 2 aromatic rings. The van der Waals surface area contributed by atoms with Crippen molar-refractivity contribution in [2.24, 2.45) is 0 Å². The highest BCUT2D eigenvalue weighted by atomic mass is 16.2. The molecule has 0 unspecified atom stereocenters. The molecule has 2 amide bonds. The summed E-state index contributed by atoms with van der Waals surface area (Å²) >= 11 is 0. The van der Waals surface area contributed by atoms with Crippen LogP contribution in [0.5, 0.6) is 0 Å². The van der Waals surface area contributed by atoms with E-state index in [2.05, 4.69) is 27.9 Å². The minimum absolute atomic E-state index is 0.135. The Morgan fingerprint density at radius 3 is 2.28 bits per heavy atom. The normalized spacial score (nSPS) is 10.2. The molecule has 6 nitrogen and oxygen atoms in total. The first-order valence-electron chi connectivity index (χ1n) is 8.47. The zero-order valence-corrected chi connectivity index (χ0v) is 14.6. The lowest BCUT2D eigenvalue weighted by molar-refractivity contribution is -0.114. The van der Waals surface area contributed by atoms with Crippen LogP contribution in [0.15, 0.2) is 42.6 Å². The number of hydrogen-bond donors (Lipinski definition) is 3. The lowest BCUT2D eigenvalue weighted by Gasteiger charge is -2.09. The van der Waals surface area contributed by atoms with E-state index in [1.54, 1.807) is 36.5 Å². The molecule has 0 atom stereocenters. The molecule has 0 spiro atoms. The minimum Gasteiger partial charge on any atom is -0.385 e. The Labute approximate surface area is 148 Å². The Balaban J connectivity index is 1.94. The number of rotatable bonds is 8. The number of carbonyl (C=O) groups excluding carboxylic acids is 2. The lowest BCUT2D eigenvalue weighted by Crippen LogP contribution is -2.14. The van der Waals surface area contributed by atoms with E-state index < -0.39 is 0 Å². The summed E-state index contributed by atoms with van der Waals surface area (Å²) in [5.74, 6) is -0.409. The molecule has 0 aliphatic carbocycles. The number of nitrogens with zero attached hydrogens (tertiary/aromatic N) is 1. The first kappa shape index (κ1) is 18.4. The van der Waals surface area contributed by atoms with E-state index in [0.717, 1.165) is 18.7 Å². The summed E-state index contributed by atoms with van der Waals surface area (Å²) in [5.41, 5.74) is 2.56. The number of benzene rings is 1. The molecule has 0 aliphatic heterocycles. The molecular weight excluding hydrogens is 316 g/mol. The monoisotopic (exact) mass is 340 g/mol. The predicted octanol–water partition coefficient (Wildman–Crippen LogP) is 3.89. The molecule has 1 aromatic carbocycles. The number of anilines is 3. The van der Waals surface area contributed by atoms with Crippen LogP contribution in [-0.2, 0) is 4.79 Å². The third-order valence-electron chi connectivity index (χ3n) is 3.57. The van der Waals surface area contributed by atoms with E-state index in [0.29, 0.717) is 17.1 Å². The van der Waals surface area contributed by atoms with Crippen LogP contribution in [0, 0.1) is 0 Å². The van der Waals surface area contributed by atoms with Crippen LogP contribution in [0.4, 0.5) is 17.1 Å². The summed E-state index contributed by atoms with van der Waals surface area (Å²) in [6, 6.07) is 10.5. The van der Waals surface area contributed by atoms with Crippen molar-refractivity contribution in [2.45, 2.75) is 33.1 Å². The molecule has 25 heavy (non-hydrogen) atoms. The second-order valence-corrected chi connectivity index (χ2v) is 5.78. The molecule has 3 N–H and O–H groups in total. The number of pyridine rings is 1. The molecule has 0 saturated carbocycles. The fraction of sp³-hybridized carbons (Fsp3) is 0.316. The Kier molecular flexibility index (Phi) is 6.95. The summed E-state index contributed by atoms with van der Waals surface area (Å²) in [7, 11) is 0. The van der Waals surface area contributed by atoms with Gasteiger partial charge in [-0.05, 0) is 42.8 Å². The van der Waals surface area contributed by atoms with Gasteiger partial charge in [0.25, 0.3) is 5.91 Å². The molecule has 0 radical (unpaired) electrons. The van der Waals surface area contributed by atoms with Gasteiger partial charge in [0.15, 0.2) is 0 Å². The average molecular weight is 340 g/mol. The van der Waals surface area contributed by atoms with Crippen molar-refractivity contribution in [1.29, 1.82) is 0 Å². The van der Waals surface area contributed by atoms with E-state index in [-0.39, 0.29) is 11.8 Å². The Morgan fingerprint density at radius 1 is 0.960 bits per heavy atom. The minimum atomic E-state index is -0.274. The third-order valence-corrected chi connectivity index (χ3v) is 3.57. The van der Waals surface area contributed by atoms with Crippen molar-refractivity contribution >= 4 is 28.9 Å². The fourth-order valence-electron chi connectivity index (χ4n) is 2.31. The van der Waals surface area contributed by atoms with Crippen LogP contribution < -0.4 is 16.0 Å². The quantitative estimate of drug-likeness (QED) is 0.637. The average Bonchev–Trinajstić information content (AvgIpc) is 2.60. The molecule has 1 aromatic heterocycles. The van der Waals surface area contributed by atoms with Gasteiger partial charge < -0.3 is 16.0 Å². The van der Waals surface area contributed by atoms with Gasteiger partial charge in [-0.3, -0.25) is 14.6 Å². The molecule has 0 saturated heterocycles. The van der Waals surface area contributed by atoms with E-state index in [1.165, 1.54) is 19.8 Å². The van der Waals surface area contributed by atoms with Crippen LogP contribution in [0.3, 0.4) is 0 Å². The van der Waals surface area contributed by atoms with Gasteiger partial charge in [-0.2, -0.15) is 0 Å². The summed E-state index contributed by atoms with van der Waals surface area (Å²) < 4.78 is 0. The largest absolute Gasteiger partial charge is 0.385 e. The van der Waals surface area contributed by atoms with Crippen molar-refractivity contribution < 1.29 is 9.59 Å². The van der Waals surface area contributed by atoms with E-state index in [9.17, 15) is 9.59 Å². The van der Waals surface area contributed by atoms with Gasteiger partial charge >= 0.3 is 0 Å². The van der Waals surface area contributed by atoms with Crippen molar-refractivity contribution in [3.8, 4) is 0 Å². The highest BCUT2D eigenvalue weighted by Crippen LogP contribution is 2.15. The van der Waals surface area contributed by atoms with Crippen molar-refractivity contribution in [2.75, 3.05) is 22.5 Å². The van der Waals surface area contributed by atoms with Gasteiger partial charge in [-0.1, -0.05) is 19.8 Å². The van der Waals surface area contributed by atoms with Crippen LogP contribution in [0.25, 0.3) is 0 Å². The highest BCUT2D eigenvalue weighted by Gasteiger charge is 2.08. The van der Waals surface area contributed by atoms with Gasteiger partial charge in [0.1, 0.15) is 5.69 Å². The van der Waals surface area contributed by atoms with Crippen molar-refractivity contribution in [3.05, 3.63) is 48.3 Å². The Hall–Kier alpha value is -2.89.